The first kappa shape index (κ1) is 104. The Morgan fingerprint density at radius 2 is 0.645 bits per heavy atom. The van der Waals surface area contributed by atoms with Crippen molar-refractivity contribution in [2.45, 2.75) is 330 Å². The first-order valence-electron chi connectivity index (χ1n) is 52.8. The maximum absolute atomic E-state index is 5.53. The molecule has 20 nitrogen and oxygen atoms in total. The van der Waals surface area contributed by atoms with Gasteiger partial charge in [-0.2, -0.15) is 0 Å². The maximum Gasteiger partial charge on any atom is 0.0729 e. The average Bonchev–Trinajstić information content (AvgIpc) is 1.72. The molecule has 6 unspecified atom stereocenters. The lowest BCUT2D eigenvalue weighted by molar-refractivity contribution is -0.0199. The first-order valence-corrected chi connectivity index (χ1v) is 52.8. The Hall–Kier alpha value is -0.800. The van der Waals surface area contributed by atoms with Crippen molar-refractivity contribution in [2.24, 2.45) is 82.9 Å². The smallest absolute Gasteiger partial charge is 0.0729 e. The van der Waals surface area contributed by atoms with Gasteiger partial charge in [-0.05, 0) is 346 Å². The third-order valence-corrected chi connectivity index (χ3v) is 36.4. The molecule has 20 rings (SSSR count). The van der Waals surface area contributed by atoms with E-state index in [0.29, 0.717) is 36.6 Å². The molecule has 0 aromatic heterocycles. The van der Waals surface area contributed by atoms with Gasteiger partial charge < -0.3 is 86.6 Å². The van der Waals surface area contributed by atoms with Gasteiger partial charge in [0, 0.05) is 197 Å². The van der Waals surface area contributed by atoms with Crippen LogP contribution in [0.25, 0.3) is 0 Å². The van der Waals surface area contributed by atoms with Crippen molar-refractivity contribution in [2.75, 3.05) is 258 Å². The van der Waals surface area contributed by atoms with Crippen LogP contribution in [-0.4, -0.2) is 379 Å². The largest absolute Gasteiger partial charge is 0.383 e. The summed E-state index contributed by atoms with van der Waals surface area (Å²) < 4.78 is 53.5. The van der Waals surface area contributed by atoms with E-state index in [1.54, 1.807) is 28.4 Å². The van der Waals surface area contributed by atoms with Crippen molar-refractivity contribution in [3.63, 3.8) is 0 Å². The van der Waals surface area contributed by atoms with Gasteiger partial charge in [0.05, 0.1) is 63.1 Å². The predicted molar refractivity (Wildman–Crippen MR) is 510 cm³/mol. The van der Waals surface area contributed by atoms with Gasteiger partial charge in [-0.3, -0.25) is 9.80 Å². The minimum absolute atomic E-state index is 0.510. The Kier molecular flexibility index (Phi) is 46.7. The van der Waals surface area contributed by atoms with Gasteiger partial charge >= 0.3 is 0 Å². The number of nitrogens with zero attached hydrogens (tertiary/aromatic N) is 10. The topological polar surface area (TPSA) is 125 Å². The molecule has 0 radical (unpaired) electrons. The minimum atomic E-state index is 0.510. The van der Waals surface area contributed by atoms with E-state index in [0.717, 1.165) is 172 Å². The van der Waals surface area contributed by atoms with Crippen LogP contribution in [0.5, 0.6) is 0 Å². The molecule has 0 spiro atoms. The first-order chi connectivity index (χ1) is 60.5. The predicted octanol–water partition coefficient (Wildman–Crippen LogP) is 16.1. The number of hydrogen-bond acceptors (Lipinski definition) is 20. The molecule has 10 saturated carbocycles. The second kappa shape index (κ2) is 55.9. The van der Waals surface area contributed by atoms with Gasteiger partial charge in [0.1, 0.15) is 0 Å². The summed E-state index contributed by atoms with van der Waals surface area (Å²) >= 11 is 0. The van der Waals surface area contributed by atoms with Crippen molar-refractivity contribution in [1.29, 1.82) is 0 Å². The van der Waals surface area contributed by atoms with Crippen molar-refractivity contribution in [3.8, 4) is 0 Å². The van der Waals surface area contributed by atoms with E-state index in [1.165, 1.54) is 348 Å². The zero-order valence-corrected chi connectivity index (χ0v) is 83.4. The highest BCUT2D eigenvalue weighted by atomic mass is 16.5. The highest BCUT2D eigenvalue weighted by Crippen LogP contribution is 2.46. The van der Waals surface area contributed by atoms with Gasteiger partial charge in [-0.25, -0.2) is 0 Å². The summed E-state index contributed by atoms with van der Waals surface area (Å²) in [4.78, 5) is 25.4. The highest BCUT2D eigenvalue weighted by molar-refractivity contribution is 5.00. The van der Waals surface area contributed by atoms with Gasteiger partial charge in [-0.1, -0.05) is 64.2 Å². The number of ether oxygens (including phenoxy) is 10. The van der Waals surface area contributed by atoms with Crippen LogP contribution in [0.2, 0.25) is 0 Å². The number of rotatable bonds is 18. The minimum Gasteiger partial charge on any atom is -0.383 e. The Bertz CT molecular complexity index is 2750. The number of piperidine rings is 6. The molecule has 26 atom stereocenters. The van der Waals surface area contributed by atoms with Crippen LogP contribution in [0.1, 0.15) is 257 Å². The van der Waals surface area contributed by atoms with Crippen LogP contribution in [0.3, 0.4) is 0 Å². The Morgan fingerprint density at radius 3 is 1.33 bits per heavy atom. The molecule has 20 fully saturated rings. The normalized spacial score (nSPS) is 39.6. The number of methoxy groups -OCH3 is 10. The molecule has 10 aliphatic carbocycles. The molecule has 0 amide bonds. The number of fused-ring (bicyclic) bond motifs is 10. The summed E-state index contributed by atoms with van der Waals surface area (Å²) in [5, 5.41) is 0. The molecule has 20 heteroatoms. The Balaban J connectivity index is 0.000000134. The van der Waals surface area contributed by atoms with Crippen LogP contribution in [0.4, 0.5) is 0 Å². The fourth-order valence-corrected chi connectivity index (χ4v) is 29.5. The Labute approximate surface area is 762 Å². The van der Waals surface area contributed by atoms with Gasteiger partial charge in [0.15, 0.2) is 0 Å². The number of likely N-dealkylation sites (tertiary alicyclic amines) is 10. The fourth-order valence-electron chi connectivity index (χ4n) is 29.5. The third kappa shape index (κ3) is 30.4. The standard InChI is InChI=1S/4C11H21NO.6C10H19NO/c1-13-9-8-12-7-3-5-10-4-2-6-11(10)12;1-13-8-7-12-6-5-10-3-2-4-11(10)9-12;1-13-7-6-12-8-10-4-2-3-5-11(10)9-12;1-13-9-8-12-7-6-10-4-2-3-5-11(10)12;1-11-6-5-9-8(7-11)3-4-10(9)12-2;1-11-7-3-4-8-9(11)5-6-10(8)12-2;1-11-6-8-4-3-5-10(12-2)9(8)7-11;1-11-5-3-4-8-6-9(12-2)7-10(8)11;1-11-7-6-10(12-2)8-4-3-5-9(8)11;1-11-7-6-8-4-3-5-9(12-2)10(8)11/h4*10-11H,2-9H2,1H3;6*8-10H,3-7H2,1-2H3/t10-,11-;2*10-,11+;10-,11-;8-,9+,10?;8-,9-,10?;8-,9+,10?;8-,9?,10+;8-,9+,10?;8-,9?,10+/m11.0010000/s1. The van der Waals surface area contributed by atoms with Crippen LogP contribution in [0, 0.1) is 82.9 Å². The molecule has 0 aromatic carbocycles. The molecular formula is C104H198N10O10. The summed E-state index contributed by atoms with van der Waals surface area (Å²) in [6.07, 6.45) is 59.3. The van der Waals surface area contributed by atoms with Gasteiger partial charge in [-0.15, -0.1) is 0 Å². The van der Waals surface area contributed by atoms with E-state index >= 15 is 0 Å². The van der Waals surface area contributed by atoms with E-state index in [-0.39, 0.29) is 0 Å². The molecule has 124 heavy (non-hydrogen) atoms. The summed E-state index contributed by atoms with van der Waals surface area (Å²) in [6.45, 7) is 26.3. The quantitative estimate of drug-likeness (QED) is 0.129. The van der Waals surface area contributed by atoms with E-state index in [2.05, 4.69) is 91.3 Å². The molecule has 0 bridgehead atoms. The number of hydrogen-bond donors (Lipinski definition) is 0. The second-order valence-corrected chi connectivity index (χ2v) is 43.5. The average molecular weight is 1750 g/mol. The van der Waals surface area contributed by atoms with E-state index < -0.39 is 0 Å². The lowest BCUT2D eigenvalue weighted by Gasteiger charge is -2.39. The molecular weight excluding hydrogens is 1550 g/mol. The van der Waals surface area contributed by atoms with E-state index in [9.17, 15) is 0 Å². The summed E-state index contributed by atoms with van der Waals surface area (Å²) in [6, 6.07) is 5.01. The molecule has 10 heterocycles. The molecule has 0 aromatic rings. The lowest BCUT2D eigenvalue weighted by atomic mass is 9.79. The molecule has 724 valence electrons. The van der Waals surface area contributed by atoms with E-state index in [4.69, 9.17) is 47.4 Å². The van der Waals surface area contributed by atoms with Gasteiger partial charge in [0.25, 0.3) is 0 Å². The SMILES string of the molecule is COC1CCC[C@H]2CCN(C)[C@@H]12.COC1CCC[C@H]2CN(C)C[C@@H]12.COC1CCN(C)[C@@H]2CCC[C@H]12.COC1CC[C@@H]2[C@H]1CCCN2C.COC1CC[C@H]2CN(C)CC[C@@H]12.COC1C[C@@H]2CCCN(C)[C@@H]2C1.COCCN1CCC[C@H]2CCC[C@H]21.COCCN1CC[C@@H]2CCCC[C@@H]21.COCCN1CC[C@H]2CCC[C@H]2C1.COCCN1C[C@H]2CCCC[C@H]2C1. The van der Waals surface area contributed by atoms with Crippen molar-refractivity contribution in [3.05, 3.63) is 0 Å². The van der Waals surface area contributed by atoms with Crippen LogP contribution < -0.4 is 0 Å². The summed E-state index contributed by atoms with van der Waals surface area (Å²) in [5.41, 5.74) is 0. The summed E-state index contributed by atoms with van der Waals surface area (Å²) in [5.74, 6) is 13.2. The maximum atomic E-state index is 5.53. The molecule has 20 aliphatic rings. The second-order valence-electron chi connectivity index (χ2n) is 43.5. The molecule has 0 N–H and O–H groups in total. The van der Waals surface area contributed by atoms with Crippen LogP contribution in [0.15, 0.2) is 0 Å². The van der Waals surface area contributed by atoms with Crippen molar-refractivity contribution in [1.82, 2.24) is 49.0 Å². The van der Waals surface area contributed by atoms with Crippen molar-refractivity contribution >= 4 is 0 Å². The zero-order valence-electron chi connectivity index (χ0n) is 83.4. The van der Waals surface area contributed by atoms with Crippen LogP contribution >= 0.6 is 0 Å². The molecule has 10 aliphatic heterocycles. The Morgan fingerprint density at radius 1 is 0.218 bits per heavy atom. The molecule has 10 saturated heterocycles. The third-order valence-electron chi connectivity index (χ3n) is 36.4. The van der Waals surface area contributed by atoms with Crippen LogP contribution in [-0.2, 0) is 47.4 Å². The van der Waals surface area contributed by atoms with Crippen molar-refractivity contribution < 1.29 is 47.4 Å². The lowest BCUT2D eigenvalue weighted by Crippen LogP contribution is -2.47. The number of likely N-dealkylation sites (N-methyl/N-ethyl adjacent to an activating group) is 1. The summed E-state index contributed by atoms with van der Waals surface area (Å²) in [7, 11) is 31.8. The fraction of sp³-hybridized carbons (Fsp3) is 1.00. The van der Waals surface area contributed by atoms with E-state index in [1.807, 2.05) is 42.7 Å². The monoisotopic (exact) mass is 1750 g/mol. The zero-order chi connectivity index (χ0) is 87.7. The highest BCUT2D eigenvalue weighted by Gasteiger charge is 2.46. The van der Waals surface area contributed by atoms with Gasteiger partial charge in [0.2, 0.25) is 0 Å².